The Morgan fingerprint density at radius 1 is 1.05 bits per heavy atom. The number of hydrogen-bond acceptors (Lipinski definition) is 3. The number of carboxylic acid groups (broad SMARTS) is 1. The number of nitrogens with zero attached hydrogens (tertiary/aromatic N) is 1. The fraction of sp³-hybridized carbons (Fsp3) is 0.0588. The average Bonchev–Trinajstić information content (AvgIpc) is 2.50. The van der Waals surface area contributed by atoms with Gasteiger partial charge in [-0.15, -0.1) is 0 Å². The summed E-state index contributed by atoms with van der Waals surface area (Å²) in [4.78, 5) is 15.6. The molecule has 4 nitrogen and oxygen atoms in total. The number of para-hydroxylation sites is 1. The van der Waals surface area contributed by atoms with Crippen molar-refractivity contribution < 1.29 is 14.6 Å². The van der Waals surface area contributed by atoms with Gasteiger partial charge >= 0.3 is 6.16 Å². The third kappa shape index (κ3) is 2.43. The summed E-state index contributed by atoms with van der Waals surface area (Å²) in [6, 6.07) is 17.0. The summed E-state index contributed by atoms with van der Waals surface area (Å²) in [5.74, 6) is 0.340. The van der Waals surface area contributed by atoms with E-state index in [4.69, 9.17) is 9.84 Å². The minimum Gasteiger partial charge on any atom is -0.449 e. The normalized spacial score (nSPS) is 10.5. The second kappa shape index (κ2) is 5.25. The van der Waals surface area contributed by atoms with Gasteiger partial charge in [-0.2, -0.15) is 0 Å². The molecule has 0 saturated heterocycles. The van der Waals surface area contributed by atoms with E-state index in [0.29, 0.717) is 22.2 Å². The van der Waals surface area contributed by atoms with Gasteiger partial charge in [0.2, 0.25) is 0 Å². The fourth-order valence-electron chi connectivity index (χ4n) is 2.37. The van der Waals surface area contributed by atoms with Crippen LogP contribution in [0, 0.1) is 6.92 Å². The van der Waals surface area contributed by atoms with Crippen LogP contribution < -0.4 is 4.74 Å². The predicted molar refractivity (Wildman–Crippen MR) is 80.6 cm³/mol. The first-order valence-corrected chi connectivity index (χ1v) is 6.52. The lowest BCUT2D eigenvalue weighted by Gasteiger charge is -2.13. The largest absolute Gasteiger partial charge is 0.511 e. The van der Waals surface area contributed by atoms with Crippen LogP contribution in [0.3, 0.4) is 0 Å². The highest BCUT2D eigenvalue weighted by molar-refractivity contribution is 5.91. The van der Waals surface area contributed by atoms with E-state index in [2.05, 4.69) is 4.98 Å². The summed E-state index contributed by atoms with van der Waals surface area (Å²) in [6.45, 7) is 1.82. The summed E-state index contributed by atoms with van der Waals surface area (Å²) in [5, 5.41) is 9.66. The molecular weight excluding hydrogens is 266 g/mol. The second-order valence-corrected chi connectivity index (χ2v) is 4.67. The van der Waals surface area contributed by atoms with Crippen molar-refractivity contribution in [1.29, 1.82) is 0 Å². The predicted octanol–water partition coefficient (Wildman–Crippen LogP) is 4.27. The molecule has 0 bridgehead atoms. The zero-order valence-corrected chi connectivity index (χ0v) is 11.4. The number of aromatic nitrogens is 1. The molecule has 104 valence electrons. The molecule has 0 amide bonds. The maximum absolute atomic E-state index is 11.0. The van der Waals surface area contributed by atoms with Crippen LogP contribution in [0.25, 0.3) is 22.2 Å². The van der Waals surface area contributed by atoms with Crippen LogP contribution in [-0.2, 0) is 0 Å². The molecule has 0 aliphatic heterocycles. The number of fused-ring (bicyclic) bond motifs is 1. The third-order valence-corrected chi connectivity index (χ3v) is 3.31. The maximum Gasteiger partial charge on any atom is 0.511 e. The van der Waals surface area contributed by atoms with Gasteiger partial charge in [0.25, 0.3) is 0 Å². The zero-order chi connectivity index (χ0) is 14.8. The number of rotatable bonds is 2. The van der Waals surface area contributed by atoms with Crippen LogP contribution in [0.5, 0.6) is 5.75 Å². The summed E-state index contributed by atoms with van der Waals surface area (Å²) in [6.07, 6.45) is -1.33. The number of carbonyl (C=O) groups is 1. The van der Waals surface area contributed by atoms with Gasteiger partial charge in [0.1, 0.15) is 5.75 Å². The SMILES string of the molecule is Cc1c(-c2ccccc2)nc2ccccc2c1OC(=O)O. The quantitative estimate of drug-likeness (QED) is 0.712. The van der Waals surface area contributed by atoms with Crippen LogP contribution in [0.1, 0.15) is 5.56 Å². The van der Waals surface area contributed by atoms with Crippen LogP contribution in [0.2, 0.25) is 0 Å². The summed E-state index contributed by atoms with van der Waals surface area (Å²) in [5.41, 5.74) is 3.07. The minimum absolute atomic E-state index is 0.340. The van der Waals surface area contributed by atoms with Gasteiger partial charge in [0.15, 0.2) is 0 Å². The molecule has 0 spiro atoms. The Morgan fingerprint density at radius 3 is 2.43 bits per heavy atom. The average molecular weight is 279 g/mol. The van der Waals surface area contributed by atoms with Crippen molar-refractivity contribution in [3.05, 3.63) is 60.2 Å². The molecule has 0 radical (unpaired) electrons. The Kier molecular flexibility index (Phi) is 3.28. The summed E-state index contributed by atoms with van der Waals surface area (Å²) < 4.78 is 5.00. The van der Waals surface area contributed by atoms with Crippen LogP contribution >= 0.6 is 0 Å². The number of pyridine rings is 1. The number of hydrogen-bond donors (Lipinski definition) is 1. The van der Waals surface area contributed by atoms with Crippen molar-refractivity contribution in [2.75, 3.05) is 0 Å². The lowest BCUT2D eigenvalue weighted by atomic mass is 10.0. The Morgan fingerprint density at radius 2 is 1.71 bits per heavy atom. The first-order valence-electron chi connectivity index (χ1n) is 6.52. The van der Waals surface area contributed by atoms with E-state index in [-0.39, 0.29) is 0 Å². The van der Waals surface area contributed by atoms with E-state index >= 15 is 0 Å². The minimum atomic E-state index is -1.33. The monoisotopic (exact) mass is 279 g/mol. The zero-order valence-electron chi connectivity index (χ0n) is 11.4. The highest BCUT2D eigenvalue weighted by Gasteiger charge is 2.16. The molecule has 1 N–H and O–H groups in total. The Hall–Kier alpha value is -2.88. The van der Waals surface area contributed by atoms with E-state index in [9.17, 15) is 4.79 Å². The van der Waals surface area contributed by atoms with E-state index in [0.717, 1.165) is 11.3 Å². The second-order valence-electron chi connectivity index (χ2n) is 4.67. The molecule has 0 atom stereocenters. The molecule has 0 aliphatic carbocycles. The van der Waals surface area contributed by atoms with Crippen molar-refractivity contribution in [3.8, 4) is 17.0 Å². The Labute approximate surface area is 121 Å². The molecule has 0 saturated carbocycles. The summed E-state index contributed by atoms with van der Waals surface area (Å²) >= 11 is 0. The molecule has 4 heteroatoms. The van der Waals surface area contributed by atoms with Crippen molar-refractivity contribution in [2.24, 2.45) is 0 Å². The van der Waals surface area contributed by atoms with Gasteiger partial charge in [-0.25, -0.2) is 9.78 Å². The van der Waals surface area contributed by atoms with Crippen LogP contribution in [0.15, 0.2) is 54.6 Å². The van der Waals surface area contributed by atoms with Gasteiger partial charge in [-0.1, -0.05) is 42.5 Å². The van der Waals surface area contributed by atoms with E-state index in [1.54, 1.807) is 0 Å². The molecule has 3 rings (SSSR count). The molecule has 0 aliphatic rings. The van der Waals surface area contributed by atoms with Crippen LogP contribution in [0.4, 0.5) is 4.79 Å². The van der Waals surface area contributed by atoms with Crippen LogP contribution in [-0.4, -0.2) is 16.2 Å². The standard InChI is InChI=1S/C17H13NO3/c1-11-15(12-7-3-2-4-8-12)18-14-10-6-5-9-13(14)16(11)21-17(19)20/h2-10H,1H3,(H,19,20). The molecule has 1 heterocycles. The topological polar surface area (TPSA) is 59.4 Å². The molecule has 21 heavy (non-hydrogen) atoms. The van der Waals surface area contributed by atoms with Gasteiger partial charge in [-0.3, -0.25) is 0 Å². The van der Waals surface area contributed by atoms with Gasteiger partial charge < -0.3 is 9.84 Å². The van der Waals surface area contributed by atoms with Crippen molar-refractivity contribution >= 4 is 17.1 Å². The molecule has 0 fully saturated rings. The van der Waals surface area contributed by atoms with E-state index < -0.39 is 6.16 Å². The smallest absolute Gasteiger partial charge is 0.449 e. The van der Waals surface area contributed by atoms with Gasteiger partial charge in [-0.05, 0) is 19.1 Å². The third-order valence-electron chi connectivity index (χ3n) is 3.31. The molecule has 2 aromatic carbocycles. The lowest BCUT2D eigenvalue weighted by molar-refractivity contribution is 0.145. The van der Waals surface area contributed by atoms with Crippen molar-refractivity contribution in [1.82, 2.24) is 4.98 Å². The number of ether oxygens (including phenoxy) is 1. The van der Waals surface area contributed by atoms with Crippen molar-refractivity contribution in [3.63, 3.8) is 0 Å². The summed E-state index contributed by atoms with van der Waals surface area (Å²) in [7, 11) is 0. The maximum atomic E-state index is 11.0. The Balaban J connectivity index is 2.32. The van der Waals surface area contributed by atoms with Gasteiger partial charge in [0, 0.05) is 16.5 Å². The highest BCUT2D eigenvalue weighted by atomic mass is 16.7. The van der Waals surface area contributed by atoms with E-state index in [1.807, 2.05) is 61.5 Å². The van der Waals surface area contributed by atoms with Gasteiger partial charge in [0.05, 0.1) is 11.2 Å². The number of benzene rings is 2. The van der Waals surface area contributed by atoms with Crippen molar-refractivity contribution in [2.45, 2.75) is 6.92 Å². The molecule has 3 aromatic rings. The first-order chi connectivity index (χ1) is 10.2. The fourth-order valence-corrected chi connectivity index (χ4v) is 2.37. The Bertz CT molecular complexity index is 813. The molecule has 0 unspecified atom stereocenters. The molecule has 1 aromatic heterocycles. The lowest BCUT2D eigenvalue weighted by Crippen LogP contribution is -2.06. The highest BCUT2D eigenvalue weighted by Crippen LogP contribution is 2.34. The van der Waals surface area contributed by atoms with E-state index in [1.165, 1.54) is 0 Å². The molecular formula is C17H13NO3. The first kappa shape index (κ1) is 13.1.